The van der Waals surface area contributed by atoms with Crippen molar-refractivity contribution in [3.63, 3.8) is 0 Å². The molecule has 0 bridgehead atoms. The second-order valence-corrected chi connectivity index (χ2v) is 7.11. The van der Waals surface area contributed by atoms with Crippen LogP contribution in [0.3, 0.4) is 0 Å². The van der Waals surface area contributed by atoms with Crippen LogP contribution in [-0.2, 0) is 0 Å². The van der Waals surface area contributed by atoms with Gasteiger partial charge in [-0.1, -0.05) is 12.1 Å². The number of nitrogens with two attached hydrogens (primary N) is 2. The first-order chi connectivity index (χ1) is 14.1. The monoisotopic (exact) mass is 388 g/mol. The van der Waals surface area contributed by atoms with Crippen LogP contribution in [0.15, 0.2) is 66.6 Å². The van der Waals surface area contributed by atoms with Crippen molar-refractivity contribution in [1.82, 2.24) is 15.1 Å². The number of aromatic amines is 1. The number of hydrogen-bond acceptors (Lipinski definition) is 5. The Morgan fingerprint density at radius 3 is 2.72 bits per heavy atom. The fourth-order valence-corrected chi connectivity index (χ4v) is 3.42. The molecule has 148 valence electrons. The topological polar surface area (TPSA) is 113 Å². The standard InChI is InChI=1S/C22H24N6O/c23-19(7-9-21(24)28-10-1-2-11-28)15-4-3-5-18(13-15)26-22(29)16-6-8-20-17(12-16)14-25-27-20/h3-9,12-14H,1-2,10-11,23-24H2,(H,25,27)(H,26,29)/b19-7-,21-9+. The van der Waals surface area contributed by atoms with E-state index in [2.05, 4.69) is 20.4 Å². The zero-order chi connectivity index (χ0) is 20.2. The molecule has 3 aromatic rings. The molecule has 0 aliphatic carbocycles. The summed E-state index contributed by atoms with van der Waals surface area (Å²) in [4.78, 5) is 14.8. The first-order valence-electron chi connectivity index (χ1n) is 9.63. The molecule has 1 aliphatic rings. The van der Waals surface area contributed by atoms with Crippen LogP contribution in [0.2, 0.25) is 0 Å². The number of benzene rings is 2. The first-order valence-corrected chi connectivity index (χ1v) is 9.63. The summed E-state index contributed by atoms with van der Waals surface area (Å²) in [6.07, 6.45) is 7.68. The summed E-state index contributed by atoms with van der Waals surface area (Å²) in [5, 5.41) is 10.7. The van der Waals surface area contributed by atoms with Crippen LogP contribution in [0.5, 0.6) is 0 Å². The zero-order valence-corrected chi connectivity index (χ0v) is 16.1. The van der Waals surface area contributed by atoms with Gasteiger partial charge in [0.25, 0.3) is 5.91 Å². The quantitative estimate of drug-likeness (QED) is 0.502. The number of aromatic nitrogens is 2. The Labute approximate surface area is 169 Å². The number of amides is 1. The van der Waals surface area contributed by atoms with Gasteiger partial charge in [-0.05, 0) is 60.9 Å². The summed E-state index contributed by atoms with van der Waals surface area (Å²) in [7, 11) is 0. The average Bonchev–Trinajstić information content (AvgIpc) is 3.43. The summed E-state index contributed by atoms with van der Waals surface area (Å²) in [6.45, 7) is 1.98. The van der Waals surface area contributed by atoms with E-state index in [0.717, 1.165) is 35.4 Å². The molecule has 2 aromatic carbocycles. The second-order valence-electron chi connectivity index (χ2n) is 7.11. The van der Waals surface area contributed by atoms with E-state index in [4.69, 9.17) is 11.5 Å². The van der Waals surface area contributed by atoms with Crippen LogP contribution in [0, 0.1) is 0 Å². The summed E-state index contributed by atoms with van der Waals surface area (Å²) >= 11 is 0. The molecule has 1 fully saturated rings. The number of nitrogens with zero attached hydrogens (tertiary/aromatic N) is 2. The summed E-state index contributed by atoms with van der Waals surface area (Å²) in [6, 6.07) is 12.8. The fraction of sp³-hybridized carbons (Fsp3) is 0.182. The molecule has 1 amide bonds. The average molecular weight is 388 g/mol. The minimum atomic E-state index is -0.189. The van der Waals surface area contributed by atoms with Gasteiger partial charge >= 0.3 is 0 Å². The molecule has 0 saturated carbocycles. The maximum Gasteiger partial charge on any atom is 0.255 e. The molecule has 0 atom stereocenters. The molecule has 1 saturated heterocycles. The van der Waals surface area contributed by atoms with E-state index in [1.54, 1.807) is 24.4 Å². The van der Waals surface area contributed by atoms with E-state index >= 15 is 0 Å². The maximum atomic E-state index is 12.6. The molecule has 6 N–H and O–H groups in total. The van der Waals surface area contributed by atoms with E-state index in [1.165, 1.54) is 12.8 Å². The largest absolute Gasteiger partial charge is 0.398 e. The van der Waals surface area contributed by atoms with E-state index in [-0.39, 0.29) is 5.91 Å². The Morgan fingerprint density at radius 2 is 1.90 bits per heavy atom. The van der Waals surface area contributed by atoms with Crippen molar-refractivity contribution in [1.29, 1.82) is 0 Å². The Balaban J connectivity index is 1.48. The second kappa shape index (κ2) is 8.10. The number of fused-ring (bicyclic) bond motifs is 1. The van der Waals surface area contributed by atoms with Gasteiger partial charge in [0.2, 0.25) is 0 Å². The Bertz CT molecular complexity index is 1090. The third kappa shape index (κ3) is 4.24. The highest BCUT2D eigenvalue weighted by Crippen LogP contribution is 2.19. The van der Waals surface area contributed by atoms with Crippen molar-refractivity contribution in [2.45, 2.75) is 12.8 Å². The van der Waals surface area contributed by atoms with E-state index < -0.39 is 0 Å². The van der Waals surface area contributed by atoms with Gasteiger partial charge in [0.05, 0.1) is 17.5 Å². The number of H-pyrrole nitrogens is 1. The molecule has 1 aliphatic heterocycles. The van der Waals surface area contributed by atoms with Crippen LogP contribution in [-0.4, -0.2) is 34.1 Å². The lowest BCUT2D eigenvalue weighted by Crippen LogP contribution is -2.24. The van der Waals surface area contributed by atoms with Crippen molar-refractivity contribution < 1.29 is 4.79 Å². The third-order valence-electron chi connectivity index (χ3n) is 5.06. The number of allylic oxidation sites excluding steroid dienone is 2. The van der Waals surface area contributed by atoms with E-state index in [9.17, 15) is 4.79 Å². The lowest BCUT2D eigenvalue weighted by Gasteiger charge is -2.16. The predicted octanol–water partition coefficient (Wildman–Crippen LogP) is 3.01. The zero-order valence-electron chi connectivity index (χ0n) is 16.1. The van der Waals surface area contributed by atoms with Gasteiger partial charge in [-0.15, -0.1) is 0 Å². The number of likely N-dealkylation sites (tertiary alicyclic amines) is 1. The SMILES string of the molecule is N/C(=C\C=C(/N)N1CCCC1)c1cccc(NC(=O)c2ccc3[nH]ncc3c2)c1. The Morgan fingerprint density at radius 1 is 1.07 bits per heavy atom. The molecule has 4 rings (SSSR count). The van der Waals surface area contributed by atoms with Crippen LogP contribution in [0.4, 0.5) is 5.69 Å². The van der Waals surface area contributed by atoms with Gasteiger partial charge in [0, 0.05) is 35.4 Å². The summed E-state index contributed by atoms with van der Waals surface area (Å²) in [5.74, 6) is 0.538. The third-order valence-corrected chi connectivity index (χ3v) is 5.06. The molecule has 29 heavy (non-hydrogen) atoms. The van der Waals surface area contributed by atoms with Crippen LogP contribution < -0.4 is 16.8 Å². The lowest BCUT2D eigenvalue weighted by molar-refractivity contribution is 0.102. The number of carbonyl (C=O) groups excluding carboxylic acids is 1. The van der Waals surface area contributed by atoms with Crippen molar-refractivity contribution in [2.24, 2.45) is 11.5 Å². The number of rotatable bonds is 5. The van der Waals surface area contributed by atoms with E-state index in [1.807, 2.05) is 36.4 Å². The Kier molecular flexibility index (Phi) is 5.20. The highest BCUT2D eigenvalue weighted by Gasteiger charge is 2.12. The molecule has 1 aromatic heterocycles. The highest BCUT2D eigenvalue weighted by atomic mass is 16.1. The van der Waals surface area contributed by atoms with Crippen molar-refractivity contribution in [3.8, 4) is 0 Å². The molecule has 0 unspecified atom stereocenters. The maximum absolute atomic E-state index is 12.6. The molecular weight excluding hydrogens is 364 g/mol. The van der Waals surface area contributed by atoms with Crippen molar-refractivity contribution >= 4 is 28.2 Å². The summed E-state index contributed by atoms with van der Waals surface area (Å²) < 4.78 is 0. The number of anilines is 1. The molecule has 7 heteroatoms. The summed E-state index contributed by atoms with van der Waals surface area (Å²) in [5.41, 5.74) is 15.9. The van der Waals surface area contributed by atoms with Crippen LogP contribution in [0.1, 0.15) is 28.8 Å². The smallest absolute Gasteiger partial charge is 0.255 e. The lowest BCUT2D eigenvalue weighted by atomic mass is 10.1. The highest BCUT2D eigenvalue weighted by molar-refractivity contribution is 6.06. The Hall–Kier alpha value is -3.74. The van der Waals surface area contributed by atoms with Crippen LogP contribution in [0.25, 0.3) is 16.6 Å². The van der Waals surface area contributed by atoms with Gasteiger partial charge in [0.1, 0.15) is 0 Å². The number of nitrogens with one attached hydrogen (secondary N) is 2. The minimum Gasteiger partial charge on any atom is -0.398 e. The molecular formula is C22H24N6O. The normalized spacial score (nSPS) is 15.1. The fourth-order valence-electron chi connectivity index (χ4n) is 3.42. The molecule has 7 nitrogen and oxygen atoms in total. The number of hydrogen-bond donors (Lipinski definition) is 4. The molecule has 0 radical (unpaired) electrons. The van der Waals surface area contributed by atoms with Crippen molar-refractivity contribution in [2.75, 3.05) is 18.4 Å². The number of carbonyl (C=O) groups is 1. The first kappa shape index (κ1) is 18.6. The van der Waals surface area contributed by atoms with Gasteiger partial charge < -0.3 is 21.7 Å². The van der Waals surface area contributed by atoms with Crippen molar-refractivity contribution in [3.05, 3.63) is 77.8 Å². The minimum absolute atomic E-state index is 0.189. The van der Waals surface area contributed by atoms with Gasteiger partial charge in [-0.25, -0.2) is 0 Å². The van der Waals surface area contributed by atoms with Gasteiger partial charge in [-0.3, -0.25) is 9.89 Å². The van der Waals surface area contributed by atoms with Gasteiger partial charge in [0.15, 0.2) is 0 Å². The molecule has 2 heterocycles. The van der Waals surface area contributed by atoms with Gasteiger partial charge in [-0.2, -0.15) is 5.10 Å². The molecule has 0 spiro atoms. The van der Waals surface area contributed by atoms with E-state index in [0.29, 0.717) is 16.9 Å². The van der Waals surface area contributed by atoms with Crippen LogP contribution >= 0.6 is 0 Å². The predicted molar refractivity (Wildman–Crippen MR) is 116 cm³/mol.